The average Bonchev–Trinajstić information content (AvgIpc) is 2.28. The second-order valence-electron chi connectivity index (χ2n) is 4.68. The third-order valence-corrected chi connectivity index (χ3v) is 2.89. The fraction of sp³-hybridized carbons (Fsp3) is 0.615. The molecule has 1 saturated heterocycles. The van der Waals surface area contributed by atoms with Gasteiger partial charge in [0.25, 0.3) is 0 Å². The molecule has 0 aromatic carbocycles. The van der Waals surface area contributed by atoms with E-state index in [4.69, 9.17) is 4.74 Å². The molecule has 1 N–H and O–H groups in total. The van der Waals surface area contributed by atoms with Gasteiger partial charge in [-0.1, -0.05) is 6.07 Å². The molecule has 0 amide bonds. The Morgan fingerprint density at radius 1 is 1.35 bits per heavy atom. The van der Waals surface area contributed by atoms with Crippen LogP contribution in [0.1, 0.15) is 19.5 Å². The second kappa shape index (κ2) is 5.47. The average molecular weight is 235 g/mol. The van der Waals surface area contributed by atoms with E-state index in [1.807, 2.05) is 13.1 Å². The van der Waals surface area contributed by atoms with Gasteiger partial charge in [-0.05, 0) is 33.0 Å². The summed E-state index contributed by atoms with van der Waals surface area (Å²) in [5.41, 5.74) is 1.08. The maximum Gasteiger partial charge on any atom is 0.129 e. The minimum absolute atomic E-state index is 0.272. The molecule has 2 heterocycles. The van der Waals surface area contributed by atoms with Crippen molar-refractivity contribution in [1.29, 1.82) is 0 Å². The summed E-state index contributed by atoms with van der Waals surface area (Å²) in [5, 5.41) is 3.13. The van der Waals surface area contributed by atoms with Crippen LogP contribution in [0.2, 0.25) is 0 Å². The van der Waals surface area contributed by atoms with Crippen LogP contribution in [0.15, 0.2) is 18.2 Å². The minimum atomic E-state index is 0.272. The molecular weight excluding hydrogens is 214 g/mol. The van der Waals surface area contributed by atoms with Crippen LogP contribution in [0.25, 0.3) is 0 Å². The summed E-state index contributed by atoms with van der Waals surface area (Å²) in [6.45, 7) is 6.87. The molecule has 1 aromatic rings. The van der Waals surface area contributed by atoms with Crippen LogP contribution in [0.3, 0.4) is 0 Å². The number of pyridine rings is 1. The molecule has 94 valence electrons. The topological polar surface area (TPSA) is 37.4 Å². The van der Waals surface area contributed by atoms with E-state index in [0.717, 1.165) is 31.1 Å². The van der Waals surface area contributed by atoms with Crippen molar-refractivity contribution in [2.24, 2.45) is 0 Å². The van der Waals surface area contributed by atoms with Crippen molar-refractivity contribution >= 4 is 5.82 Å². The maximum atomic E-state index is 5.73. The van der Waals surface area contributed by atoms with Crippen molar-refractivity contribution in [3.8, 4) is 0 Å². The zero-order valence-corrected chi connectivity index (χ0v) is 10.8. The quantitative estimate of drug-likeness (QED) is 0.859. The van der Waals surface area contributed by atoms with Gasteiger partial charge < -0.3 is 15.0 Å². The largest absolute Gasteiger partial charge is 0.372 e. The predicted octanol–water partition coefficient (Wildman–Crippen LogP) is 1.41. The third kappa shape index (κ3) is 3.17. The molecule has 0 bridgehead atoms. The van der Waals surface area contributed by atoms with Gasteiger partial charge in [-0.15, -0.1) is 0 Å². The van der Waals surface area contributed by atoms with Crippen molar-refractivity contribution in [1.82, 2.24) is 10.3 Å². The van der Waals surface area contributed by atoms with Gasteiger partial charge in [0.05, 0.1) is 17.9 Å². The summed E-state index contributed by atoms with van der Waals surface area (Å²) in [6.07, 6.45) is 0.544. The van der Waals surface area contributed by atoms with Gasteiger partial charge in [0.2, 0.25) is 0 Å². The fourth-order valence-corrected chi connectivity index (χ4v) is 2.29. The Kier molecular flexibility index (Phi) is 3.97. The SMILES string of the molecule is CNCc1cccc(N2C[C@@H](C)O[C@@H](C)C2)n1. The van der Waals surface area contributed by atoms with E-state index >= 15 is 0 Å². The van der Waals surface area contributed by atoms with Crippen molar-refractivity contribution < 1.29 is 4.74 Å². The first-order valence-electron chi connectivity index (χ1n) is 6.20. The molecule has 1 aliphatic heterocycles. The molecule has 17 heavy (non-hydrogen) atoms. The highest BCUT2D eigenvalue weighted by Gasteiger charge is 2.22. The highest BCUT2D eigenvalue weighted by Crippen LogP contribution is 2.18. The molecule has 1 aliphatic rings. The number of hydrogen-bond donors (Lipinski definition) is 1. The Morgan fingerprint density at radius 3 is 2.71 bits per heavy atom. The normalized spacial score (nSPS) is 25.0. The van der Waals surface area contributed by atoms with Crippen LogP contribution in [-0.4, -0.2) is 37.3 Å². The van der Waals surface area contributed by atoms with Gasteiger partial charge >= 0.3 is 0 Å². The van der Waals surface area contributed by atoms with Crippen LogP contribution in [0.5, 0.6) is 0 Å². The second-order valence-corrected chi connectivity index (χ2v) is 4.68. The molecule has 2 rings (SSSR count). The molecule has 0 saturated carbocycles. The smallest absolute Gasteiger partial charge is 0.129 e. The number of nitrogens with one attached hydrogen (secondary N) is 1. The zero-order chi connectivity index (χ0) is 12.3. The number of anilines is 1. The minimum Gasteiger partial charge on any atom is -0.372 e. The molecule has 0 aliphatic carbocycles. The number of hydrogen-bond acceptors (Lipinski definition) is 4. The zero-order valence-electron chi connectivity index (χ0n) is 10.8. The van der Waals surface area contributed by atoms with Crippen LogP contribution in [-0.2, 0) is 11.3 Å². The molecule has 2 atom stereocenters. The Labute approximate surface area is 103 Å². The lowest BCUT2D eigenvalue weighted by Gasteiger charge is -2.36. The van der Waals surface area contributed by atoms with E-state index in [1.54, 1.807) is 0 Å². The lowest BCUT2D eigenvalue weighted by atomic mass is 10.2. The van der Waals surface area contributed by atoms with Crippen LogP contribution < -0.4 is 10.2 Å². The summed E-state index contributed by atoms with van der Waals surface area (Å²) < 4.78 is 5.73. The van der Waals surface area contributed by atoms with Gasteiger partial charge in [0, 0.05) is 19.6 Å². The van der Waals surface area contributed by atoms with E-state index in [1.165, 1.54) is 0 Å². The Hall–Kier alpha value is -1.13. The third-order valence-electron chi connectivity index (χ3n) is 2.89. The molecular formula is C13H21N3O. The summed E-state index contributed by atoms with van der Waals surface area (Å²) >= 11 is 0. The first-order valence-corrected chi connectivity index (χ1v) is 6.20. The lowest BCUT2D eigenvalue weighted by Crippen LogP contribution is -2.45. The number of ether oxygens (including phenoxy) is 1. The molecule has 4 nitrogen and oxygen atoms in total. The molecule has 0 radical (unpaired) electrons. The maximum absolute atomic E-state index is 5.73. The predicted molar refractivity (Wildman–Crippen MR) is 69.2 cm³/mol. The van der Waals surface area contributed by atoms with Gasteiger partial charge in [-0.25, -0.2) is 4.98 Å². The van der Waals surface area contributed by atoms with Crippen molar-refractivity contribution in [3.63, 3.8) is 0 Å². The van der Waals surface area contributed by atoms with E-state index in [9.17, 15) is 0 Å². The van der Waals surface area contributed by atoms with Crippen LogP contribution in [0.4, 0.5) is 5.82 Å². The summed E-state index contributed by atoms with van der Waals surface area (Å²) in [5.74, 6) is 1.06. The van der Waals surface area contributed by atoms with Gasteiger partial charge in [0.1, 0.15) is 5.82 Å². The summed E-state index contributed by atoms with van der Waals surface area (Å²) in [7, 11) is 1.94. The lowest BCUT2D eigenvalue weighted by molar-refractivity contribution is -0.00546. The number of rotatable bonds is 3. The number of aromatic nitrogens is 1. The fourth-order valence-electron chi connectivity index (χ4n) is 2.29. The summed E-state index contributed by atoms with van der Waals surface area (Å²) in [6, 6.07) is 6.19. The number of morpholine rings is 1. The first kappa shape index (κ1) is 12.3. The van der Waals surface area contributed by atoms with Gasteiger partial charge in [0.15, 0.2) is 0 Å². The molecule has 0 spiro atoms. The highest BCUT2D eigenvalue weighted by atomic mass is 16.5. The highest BCUT2D eigenvalue weighted by molar-refractivity contribution is 5.40. The monoisotopic (exact) mass is 235 g/mol. The Morgan fingerprint density at radius 2 is 2.06 bits per heavy atom. The standard InChI is InChI=1S/C13H21N3O/c1-10-8-16(9-11(2)17-10)13-6-4-5-12(15-13)7-14-3/h4-6,10-11,14H,7-9H2,1-3H3/t10-,11+. The Bertz CT molecular complexity index is 359. The molecule has 1 aromatic heterocycles. The van der Waals surface area contributed by atoms with E-state index in [2.05, 4.69) is 41.2 Å². The molecule has 1 fully saturated rings. The van der Waals surface area contributed by atoms with E-state index in [-0.39, 0.29) is 12.2 Å². The van der Waals surface area contributed by atoms with E-state index in [0.29, 0.717) is 0 Å². The molecule has 0 unspecified atom stereocenters. The van der Waals surface area contributed by atoms with Crippen molar-refractivity contribution in [2.75, 3.05) is 25.0 Å². The van der Waals surface area contributed by atoms with Crippen LogP contribution >= 0.6 is 0 Å². The van der Waals surface area contributed by atoms with Gasteiger partial charge in [-0.3, -0.25) is 0 Å². The van der Waals surface area contributed by atoms with E-state index < -0.39 is 0 Å². The Balaban J connectivity index is 2.12. The summed E-state index contributed by atoms with van der Waals surface area (Å²) in [4.78, 5) is 6.97. The molecule has 4 heteroatoms. The first-order chi connectivity index (χ1) is 8.19. The van der Waals surface area contributed by atoms with Gasteiger partial charge in [-0.2, -0.15) is 0 Å². The number of nitrogens with zero attached hydrogens (tertiary/aromatic N) is 2. The van der Waals surface area contributed by atoms with Crippen molar-refractivity contribution in [3.05, 3.63) is 23.9 Å². The van der Waals surface area contributed by atoms with Crippen LogP contribution in [0, 0.1) is 0 Å². The van der Waals surface area contributed by atoms with Crippen molar-refractivity contribution in [2.45, 2.75) is 32.6 Å².